The lowest BCUT2D eigenvalue weighted by atomic mass is 9.41. The first-order valence-corrected chi connectivity index (χ1v) is 25.6. The molecule has 6 heterocycles. The van der Waals surface area contributed by atoms with Crippen molar-refractivity contribution < 1.29 is 49.7 Å². The molecule has 14 atom stereocenters. The topological polar surface area (TPSA) is 198 Å². The maximum atomic E-state index is 15.7. The molecule has 4 saturated carbocycles. The number of fused-ring (bicyclic) bond motifs is 1. The number of dihydropyridines is 2. The number of ether oxygens (including phenoxy) is 2. The number of allylic oxidation sites excluding steroid dienone is 9. The molecule has 2 spiro atoms. The summed E-state index contributed by atoms with van der Waals surface area (Å²) in [5, 5.41) is 80.6. The molecule has 14 heteroatoms. The van der Waals surface area contributed by atoms with E-state index >= 15 is 9.59 Å². The Labute approximate surface area is 383 Å². The Hall–Kier alpha value is -4.12. The summed E-state index contributed by atoms with van der Waals surface area (Å²) in [6.07, 6.45) is 5.47. The van der Waals surface area contributed by atoms with Crippen LogP contribution in [0.25, 0.3) is 0 Å². The van der Waals surface area contributed by atoms with Gasteiger partial charge in [-0.1, -0.05) is 70.1 Å². The molecule has 12 nitrogen and oxygen atoms in total. The van der Waals surface area contributed by atoms with Crippen LogP contribution in [0.5, 0.6) is 5.75 Å². The second kappa shape index (κ2) is 13.3. The lowest BCUT2D eigenvalue weighted by molar-refractivity contribution is -0.393. The average molecular weight is 915 g/mol. The van der Waals surface area contributed by atoms with E-state index in [9.17, 15) is 30.6 Å². The number of carbonyl (C=O) groups excluding carboxylic acids is 2. The van der Waals surface area contributed by atoms with Gasteiger partial charge >= 0.3 is 0 Å². The van der Waals surface area contributed by atoms with Crippen LogP contribution in [0, 0.1) is 46.3 Å². The standard InChI is InChI=1S/C51H50N2O10S2/c54-19-23-4-1-3-22(11-23)12-24-13-33-40(57)29-5-2-6-34-37(29)42(58)49(33,35(56)14-24)21-64-65-45-30-9-8-28-32-10-7-27-16-25-15-26-17-48(20-55)47(60)51(61,43(59)46(62-34)63-48)41(26)50(27,32)39-31(25)18-52-44(53-45)38(39)36(28)30/h1-6,8,11,13-14,25-27,32-33,41,43,45-47,52-56,59-61H,7,9-10,12,15-21H2. The van der Waals surface area contributed by atoms with Crippen molar-refractivity contribution in [3.8, 4) is 5.75 Å². The number of ketones is 2. The van der Waals surface area contributed by atoms with Gasteiger partial charge in [0, 0.05) is 34.8 Å². The summed E-state index contributed by atoms with van der Waals surface area (Å²) in [6.45, 7) is -0.141. The summed E-state index contributed by atoms with van der Waals surface area (Å²) < 4.78 is 13.3. The molecule has 15 aliphatic rings. The maximum absolute atomic E-state index is 15.7. The van der Waals surface area contributed by atoms with Gasteiger partial charge in [0.15, 0.2) is 11.6 Å². The van der Waals surface area contributed by atoms with Crippen molar-refractivity contribution in [2.24, 2.45) is 46.3 Å². The van der Waals surface area contributed by atoms with Gasteiger partial charge < -0.3 is 50.7 Å². The van der Waals surface area contributed by atoms with Crippen molar-refractivity contribution in [2.45, 2.75) is 86.6 Å². The van der Waals surface area contributed by atoms with Gasteiger partial charge in [-0.15, -0.1) is 0 Å². The summed E-state index contributed by atoms with van der Waals surface area (Å²) in [7, 11) is 3.05. The number of aliphatic hydroxyl groups excluding tert-OH is 5. The highest BCUT2D eigenvalue weighted by molar-refractivity contribution is 8.77. The predicted octanol–water partition coefficient (Wildman–Crippen LogP) is 4.85. The molecule has 65 heavy (non-hydrogen) atoms. The highest BCUT2D eigenvalue weighted by atomic mass is 33.1. The Morgan fingerprint density at radius 1 is 0.985 bits per heavy atom. The Morgan fingerprint density at radius 2 is 1.83 bits per heavy atom. The molecule has 0 aromatic heterocycles. The minimum absolute atomic E-state index is 0.0418. The van der Waals surface area contributed by atoms with E-state index in [1.54, 1.807) is 41.1 Å². The van der Waals surface area contributed by atoms with Gasteiger partial charge in [0.2, 0.25) is 6.29 Å². The normalized spacial score (nSPS) is 43.2. The van der Waals surface area contributed by atoms with E-state index in [4.69, 9.17) is 9.47 Å². The minimum Gasteiger partial charge on any atom is -0.511 e. The molecule has 336 valence electrons. The van der Waals surface area contributed by atoms with Crippen molar-refractivity contribution in [1.82, 2.24) is 10.6 Å². The average Bonchev–Trinajstić information content (AvgIpc) is 3.85. The molecule has 1 saturated heterocycles. The van der Waals surface area contributed by atoms with Crippen molar-refractivity contribution in [2.75, 3.05) is 18.9 Å². The first-order valence-electron chi connectivity index (χ1n) is 23.2. The van der Waals surface area contributed by atoms with Crippen molar-refractivity contribution in [1.29, 1.82) is 0 Å². The van der Waals surface area contributed by atoms with E-state index < -0.39 is 64.8 Å². The molecular weight excluding hydrogens is 865 g/mol. The van der Waals surface area contributed by atoms with Crippen LogP contribution in [0.4, 0.5) is 0 Å². The fourth-order valence-corrected chi connectivity index (χ4v) is 19.1. The van der Waals surface area contributed by atoms with Gasteiger partial charge in [-0.05, 0) is 125 Å². The van der Waals surface area contributed by atoms with Crippen molar-refractivity contribution in [3.63, 3.8) is 0 Å². The third kappa shape index (κ3) is 4.69. The van der Waals surface area contributed by atoms with E-state index in [-0.39, 0.29) is 76.2 Å². The summed E-state index contributed by atoms with van der Waals surface area (Å²) in [5.74, 6) is -1.68. The van der Waals surface area contributed by atoms with Gasteiger partial charge in [-0.3, -0.25) is 9.59 Å². The number of rotatable bonds is 4. The van der Waals surface area contributed by atoms with Crippen LogP contribution < -0.4 is 15.4 Å². The fraction of sp³-hybridized carbons (Fsp3) is 0.490. The molecule has 15 bridgehead atoms. The zero-order chi connectivity index (χ0) is 44.1. The fourth-order valence-electron chi connectivity index (χ4n) is 16.1. The first kappa shape index (κ1) is 40.0. The Morgan fingerprint density at radius 3 is 2.68 bits per heavy atom. The summed E-state index contributed by atoms with van der Waals surface area (Å²) in [4.78, 5) is 30.8. The molecule has 9 aliphatic carbocycles. The summed E-state index contributed by atoms with van der Waals surface area (Å²) in [5.41, 5.74) is 3.60. The van der Waals surface area contributed by atoms with Crippen molar-refractivity contribution in [3.05, 3.63) is 134 Å². The van der Waals surface area contributed by atoms with Crippen LogP contribution in [0.15, 0.2) is 111 Å². The van der Waals surface area contributed by atoms with Crippen LogP contribution in [0.3, 0.4) is 0 Å². The monoisotopic (exact) mass is 914 g/mol. The molecule has 6 aliphatic heterocycles. The number of aliphatic hydroxyl groups is 6. The van der Waals surface area contributed by atoms with Crippen LogP contribution >= 0.6 is 21.6 Å². The number of nitrogens with one attached hydrogen (secondary N) is 2. The maximum Gasteiger partial charge on any atom is 0.229 e. The SMILES string of the molecule is O=C1c2cccc3c2C(=O)C2(CSSC4NC5=C6C7=C4CC=C7C4CCC7CC8CC9CC%10(CO)OC(O3)C(O)C(O)(C%10O)C9C74C6=C8CN5)C(O)=CC(Cc3cccc(CO)c3)=CC12. The molecule has 2 aromatic carbocycles. The zero-order valence-corrected chi connectivity index (χ0v) is 37.1. The molecule has 5 fully saturated rings. The highest BCUT2D eigenvalue weighted by Gasteiger charge is 2.79. The smallest absolute Gasteiger partial charge is 0.229 e. The quantitative estimate of drug-likeness (QED) is 0.194. The zero-order valence-electron chi connectivity index (χ0n) is 35.5. The van der Waals surface area contributed by atoms with Gasteiger partial charge in [0.1, 0.15) is 51.5 Å². The van der Waals surface area contributed by atoms with E-state index in [1.807, 2.05) is 24.3 Å². The van der Waals surface area contributed by atoms with Crippen LogP contribution in [-0.2, 0) is 17.8 Å². The molecule has 0 radical (unpaired) electrons. The van der Waals surface area contributed by atoms with Crippen LogP contribution in [0.1, 0.15) is 70.4 Å². The third-order valence-electron chi connectivity index (χ3n) is 18.3. The van der Waals surface area contributed by atoms with Gasteiger partial charge in [-0.25, -0.2) is 0 Å². The molecule has 8 N–H and O–H groups in total. The van der Waals surface area contributed by atoms with E-state index in [2.05, 4.69) is 16.7 Å². The third-order valence-corrected chi connectivity index (χ3v) is 21.0. The number of hydrogen-bond donors (Lipinski definition) is 8. The lowest BCUT2D eigenvalue weighted by Crippen LogP contribution is -2.81. The number of benzene rings is 2. The predicted molar refractivity (Wildman–Crippen MR) is 240 cm³/mol. The van der Waals surface area contributed by atoms with Crippen LogP contribution in [0.2, 0.25) is 0 Å². The highest BCUT2D eigenvalue weighted by Crippen LogP contribution is 2.79. The molecule has 0 amide bonds. The molecule has 14 unspecified atom stereocenters. The number of hydrogen-bond acceptors (Lipinski definition) is 14. The Bertz CT molecular complexity index is 2790. The van der Waals surface area contributed by atoms with E-state index in [0.29, 0.717) is 25.0 Å². The Balaban J connectivity index is 0.976. The Kier molecular flexibility index (Phi) is 8.19. The van der Waals surface area contributed by atoms with E-state index in [0.717, 1.165) is 48.2 Å². The summed E-state index contributed by atoms with van der Waals surface area (Å²) in [6, 6.07) is 12.2. The van der Waals surface area contributed by atoms with Gasteiger partial charge in [0.25, 0.3) is 0 Å². The van der Waals surface area contributed by atoms with Crippen LogP contribution in [-0.4, -0.2) is 96.2 Å². The number of Topliss-reactive ketones (excluding diaryl/α,β-unsaturated/α-hetero) is 2. The minimum atomic E-state index is -2.21. The van der Waals surface area contributed by atoms with E-state index in [1.165, 1.54) is 38.7 Å². The van der Waals surface area contributed by atoms with Gasteiger partial charge in [0.05, 0.1) is 24.7 Å². The summed E-state index contributed by atoms with van der Waals surface area (Å²) >= 11 is 0. The largest absolute Gasteiger partial charge is 0.511 e. The number of carbonyl (C=O) groups is 2. The molecule has 17 rings (SSSR count). The lowest BCUT2D eigenvalue weighted by Gasteiger charge is -2.67. The van der Waals surface area contributed by atoms with Crippen molar-refractivity contribution >= 4 is 33.2 Å². The van der Waals surface area contributed by atoms with Gasteiger partial charge in [-0.2, -0.15) is 0 Å². The molecular formula is C51H50N2O10S2. The molecule has 2 aromatic rings. The second-order valence-corrected chi connectivity index (χ2v) is 23.3. The first-order chi connectivity index (χ1) is 31.5. The second-order valence-electron chi connectivity index (χ2n) is 20.8.